The Morgan fingerprint density at radius 1 is 1.33 bits per heavy atom. The molecule has 0 aliphatic carbocycles. The second kappa shape index (κ2) is 6.18. The number of carboxylic acids is 1. The number of hydrogen-bond donors (Lipinski definition) is 2. The Morgan fingerprint density at radius 3 is 2.00 bits per heavy atom. The van der Waals surface area contributed by atoms with Gasteiger partial charge in [0.1, 0.15) is 0 Å². The molecule has 0 aliphatic heterocycles. The Hall–Kier alpha value is -0.372. The van der Waals surface area contributed by atoms with Gasteiger partial charge < -0.3 is 10.4 Å². The van der Waals surface area contributed by atoms with Crippen LogP contribution in [-0.2, 0) is 30.7 Å². The van der Waals surface area contributed by atoms with E-state index in [4.69, 9.17) is 5.11 Å². The molecule has 0 aromatic carbocycles. The zero-order valence-electron chi connectivity index (χ0n) is 7.33. The van der Waals surface area contributed by atoms with Crippen molar-refractivity contribution in [2.75, 3.05) is 0 Å². The molecule has 0 spiro atoms. The average molecular weight is 343 g/mol. The maximum absolute atomic E-state index is 10.5. The molecule has 2 N–H and O–H groups in total. The van der Waals surface area contributed by atoms with Crippen molar-refractivity contribution < 1.29 is 35.8 Å². The van der Waals surface area contributed by atoms with E-state index in [-0.39, 0.29) is 33.0 Å². The number of rotatable bonds is 3. The molecule has 0 aromatic rings. The second-order valence-electron chi connectivity index (χ2n) is 2.62. The van der Waals surface area contributed by atoms with E-state index in [9.17, 15) is 9.59 Å². The molecule has 70 valence electrons. The zero-order valence-corrected chi connectivity index (χ0v) is 10.3. The number of carbonyl (C=O) groups excluding carboxylic acids is 1. The molecule has 2 unspecified atom stereocenters. The minimum absolute atomic E-state index is 0. The first-order valence-electron chi connectivity index (χ1n) is 3.45. The Kier molecular flexibility index (Phi) is 7.30. The van der Waals surface area contributed by atoms with E-state index in [1.54, 1.807) is 13.8 Å². The van der Waals surface area contributed by atoms with Crippen LogP contribution in [0.1, 0.15) is 20.8 Å². The summed E-state index contributed by atoms with van der Waals surface area (Å²) in [7, 11) is 0. The molecule has 0 aromatic heterocycles. The van der Waals surface area contributed by atoms with E-state index in [1.807, 2.05) is 0 Å². The van der Waals surface area contributed by atoms with Gasteiger partial charge in [0.15, 0.2) is 0 Å². The topological polar surface area (TPSA) is 66.4 Å². The molecule has 0 heterocycles. The van der Waals surface area contributed by atoms with Crippen molar-refractivity contribution in [3.05, 3.63) is 0 Å². The van der Waals surface area contributed by atoms with Gasteiger partial charge in [-0.2, -0.15) is 0 Å². The van der Waals surface area contributed by atoms with Crippen molar-refractivity contribution in [1.29, 1.82) is 0 Å². The summed E-state index contributed by atoms with van der Waals surface area (Å²) in [5, 5.41) is 11.0. The first-order chi connectivity index (χ1) is 4.95. The van der Waals surface area contributed by atoms with Gasteiger partial charge in [-0.25, -0.2) is 0 Å². The van der Waals surface area contributed by atoms with Gasteiger partial charge in [-0.05, 0) is 13.8 Å². The third kappa shape index (κ3) is 5.30. The minimum Gasteiger partial charge on any atom is -0.481 e. The van der Waals surface area contributed by atoms with Gasteiger partial charge in [0.2, 0.25) is 5.91 Å². The third-order valence-electron chi connectivity index (χ3n) is 1.57. The number of hydrogen-bond acceptors (Lipinski definition) is 2. The van der Waals surface area contributed by atoms with Crippen LogP contribution in [-0.4, -0.2) is 23.0 Å². The van der Waals surface area contributed by atoms with Crippen LogP contribution >= 0.6 is 0 Å². The van der Waals surface area contributed by atoms with Gasteiger partial charge in [-0.3, -0.25) is 9.59 Å². The minimum atomic E-state index is -0.897. The van der Waals surface area contributed by atoms with Crippen LogP contribution in [0.15, 0.2) is 0 Å². The zero-order chi connectivity index (χ0) is 9.02. The number of aliphatic carboxylic acids is 1. The summed E-state index contributed by atoms with van der Waals surface area (Å²) in [5.41, 5.74) is 0. The monoisotopic (exact) mass is 343 g/mol. The molecule has 5 heteroatoms. The van der Waals surface area contributed by atoms with E-state index >= 15 is 0 Å². The van der Waals surface area contributed by atoms with E-state index < -0.39 is 11.9 Å². The Bertz CT molecular complexity index is 172. The van der Waals surface area contributed by atoms with Gasteiger partial charge in [0.05, 0.1) is 5.92 Å². The molecule has 0 rings (SSSR count). The Morgan fingerprint density at radius 2 is 1.75 bits per heavy atom. The normalized spacial score (nSPS) is 13.9. The molecule has 0 saturated heterocycles. The molecule has 1 amide bonds. The number of nitrogens with one attached hydrogen (secondary N) is 1. The van der Waals surface area contributed by atoms with Gasteiger partial charge >= 0.3 is 5.97 Å². The number of amides is 1. The number of carbonyl (C=O) groups is 2. The van der Waals surface area contributed by atoms with Crippen molar-refractivity contribution in [2.24, 2.45) is 5.92 Å². The summed E-state index contributed by atoms with van der Waals surface area (Å²) in [4.78, 5) is 20.8. The van der Waals surface area contributed by atoms with Gasteiger partial charge in [-0.15, -0.1) is 0 Å². The van der Waals surface area contributed by atoms with Gasteiger partial charge in [0, 0.05) is 34.0 Å². The van der Waals surface area contributed by atoms with Crippen LogP contribution in [0.25, 0.3) is 0 Å². The fraction of sp³-hybridized carbons (Fsp3) is 0.714. The third-order valence-corrected chi connectivity index (χ3v) is 1.57. The van der Waals surface area contributed by atoms with Crippen LogP contribution in [0.4, 0.5) is 0 Å². The Balaban J connectivity index is 0. The summed E-state index contributed by atoms with van der Waals surface area (Å²) in [6.45, 7) is 4.59. The number of carboxylic acid groups (broad SMARTS) is 1. The molecule has 0 radical (unpaired) electrons. The first-order valence-corrected chi connectivity index (χ1v) is 3.45. The van der Waals surface area contributed by atoms with E-state index in [1.165, 1.54) is 6.92 Å². The summed E-state index contributed by atoms with van der Waals surface area (Å²) < 4.78 is 0. The smallest absolute Gasteiger partial charge is 0.308 e. The molecule has 4 nitrogen and oxygen atoms in total. The van der Waals surface area contributed by atoms with Crippen LogP contribution in [0.3, 0.4) is 0 Å². The molecule has 2 atom stereocenters. The standard InChI is InChI=1S/C7H13NO3.W/c1-4(7(10)11)5(2)8-6(3)9;/h4-5H,1-3H3,(H,8,9)(H,10,11);. The van der Waals surface area contributed by atoms with Crippen LogP contribution in [0.5, 0.6) is 0 Å². The maximum atomic E-state index is 10.5. The first kappa shape index (κ1) is 14.2. The SMILES string of the molecule is CC(=O)NC(C)C(C)C(=O)O.[W]. The molecular weight excluding hydrogens is 330 g/mol. The van der Waals surface area contributed by atoms with Crippen LogP contribution in [0.2, 0.25) is 0 Å². The van der Waals surface area contributed by atoms with Crippen LogP contribution in [0, 0.1) is 5.92 Å². The Labute approximate surface area is 86.0 Å². The summed E-state index contributed by atoms with van der Waals surface area (Å²) >= 11 is 0. The van der Waals surface area contributed by atoms with E-state index in [0.717, 1.165) is 0 Å². The summed E-state index contributed by atoms with van der Waals surface area (Å²) in [5.74, 6) is -1.64. The molecule has 0 saturated carbocycles. The quantitative estimate of drug-likeness (QED) is 0.771. The fourth-order valence-electron chi connectivity index (χ4n) is 0.659. The van der Waals surface area contributed by atoms with Crippen molar-refractivity contribution in [3.8, 4) is 0 Å². The molecule has 12 heavy (non-hydrogen) atoms. The largest absolute Gasteiger partial charge is 0.481 e. The molecular formula is C7H13NO3W. The van der Waals surface area contributed by atoms with Crippen molar-refractivity contribution >= 4 is 11.9 Å². The van der Waals surface area contributed by atoms with Gasteiger partial charge in [0.25, 0.3) is 0 Å². The molecule has 0 fully saturated rings. The van der Waals surface area contributed by atoms with E-state index in [2.05, 4.69) is 5.32 Å². The predicted octanol–water partition coefficient (Wildman–Crippen LogP) is 0.229. The van der Waals surface area contributed by atoms with E-state index in [0.29, 0.717) is 0 Å². The van der Waals surface area contributed by atoms with Crippen molar-refractivity contribution in [2.45, 2.75) is 26.8 Å². The predicted molar refractivity (Wildman–Crippen MR) is 40.1 cm³/mol. The van der Waals surface area contributed by atoms with Crippen LogP contribution < -0.4 is 5.32 Å². The van der Waals surface area contributed by atoms with Crippen molar-refractivity contribution in [1.82, 2.24) is 5.32 Å². The van der Waals surface area contributed by atoms with Crippen molar-refractivity contribution in [3.63, 3.8) is 0 Å². The molecule has 0 aliphatic rings. The maximum Gasteiger partial charge on any atom is 0.308 e. The summed E-state index contributed by atoms with van der Waals surface area (Å²) in [6, 6.07) is -0.315. The molecule has 0 bridgehead atoms. The average Bonchev–Trinajstić information content (AvgIpc) is 1.84. The summed E-state index contributed by atoms with van der Waals surface area (Å²) in [6.07, 6.45) is 0. The second-order valence-corrected chi connectivity index (χ2v) is 2.62. The fourth-order valence-corrected chi connectivity index (χ4v) is 0.659. The van der Waals surface area contributed by atoms with Gasteiger partial charge in [-0.1, -0.05) is 0 Å².